The molecule has 0 aliphatic carbocycles. The molecular formula is C26H56N2O4. The molecule has 0 saturated carbocycles. The summed E-state index contributed by atoms with van der Waals surface area (Å²) in [6, 6.07) is 0. The third kappa shape index (κ3) is 19.5. The van der Waals surface area contributed by atoms with E-state index in [2.05, 4.69) is 55.4 Å². The van der Waals surface area contributed by atoms with Gasteiger partial charge in [0, 0.05) is 11.9 Å². The van der Waals surface area contributed by atoms with Crippen LogP contribution in [0.5, 0.6) is 0 Å². The van der Waals surface area contributed by atoms with Crippen molar-refractivity contribution in [2.45, 2.75) is 107 Å². The average molecular weight is 461 g/mol. The number of aliphatic carboxylic acids is 2. The van der Waals surface area contributed by atoms with Gasteiger partial charge in [0.05, 0.1) is 52.4 Å². The summed E-state index contributed by atoms with van der Waals surface area (Å²) in [6.45, 7) is 28.4. The Morgan fingerprint density at radius 1 is 0.438 bits per heavy atom. The fourth-order valence-corrected chi connectivity index (χ4v) is 3.93. The molecule has 0 atom stereocenters. The molecule has 0 aromatic carbocycles. The lowest BCUT2D eigenvalue weighted by Crippen LogP contribution is -2.47. The van der Waals surface area contributed by atoms with Crippen molar-refractivity contribution in [2.75, 3.05) is 52.4 Å². The molecule has 0 amide bonds. The van der Waals surface area contributed by atoms with E-state index in [9.17, 15) is 19.8 Å². The van der Waals surface area contributed by atoms with Crippen LogP contribution < -0.4 is 10.2 Å². The molecule has 0 N–H and O–H groups in total. The summed E-state index contributed by atoms with van der Waals surface area (Å²) in [4.78, 5) is 20.1. The lowest BCUT2D eigenvalue weighted by atomic mass is 10.1. The molecule has 0 fully saturated rings. The molecule has 0 rings (SSSR count). The van der Waals surface area contributed by atoms with Gasteiger partial charge in [0.25, 0.3) is 0 Å². The van der Waals surface area contributed by atoms with Crippen molar-refractivity contribution in [2.24, 2.45) is 0 Å². The van der Waals surface area contributed by atoms with Gasteiger partial charge in [0.2, 0.25) is 0 Å². The zero-order valence-electron chi connectivity index (χ0n) is 22.8. The number of carboxylic acid groups (broad SMARTS) is 2. The normalized spacial score (nSPS) is 11.1. The minimum absolute atomic E-state index is 0.124. The van der Waals surface area contributed by atoms with Gasteiger partial charge < -0.3 is 28.8 Å². The first-order valence-corrected chi connectivity index (χ1v) is 13.2. The third-order valence-electron chi connectivity index (χ3n) is 7.38. The standard InChI is InChI=1S/C10H18O4.2C8H20N/c11-9(12)7-5-3-1-2-4-6-8-10(13)14;2*1-5-9(6-2,7-3)8-4/h1-8H2,(H,11,12)(H,13,14);2*5-8H2,1-4H3/q;2*+1/p-2. The van der Waals surface area contributed by atoms with E-state index in [1.165, 1.54) is 61.3 Å². The van der Waals surface area contributed by atoms with E-state index in [4.69, 9.17) is 0 Å². The van der Waals surface area contributed by atoms with Crippen LogP contribution in [-0.2, 0) is 9.59 Å². The number of quaternary nitrogens is 2. The van der Waals surface area contributed by atoms with Crippen LogP contribution in [0.15, 0.2) is 0 Å². The fraction of sp³-hybridized carbons (Fsp3) is 0.923. The van der Waals surface area contributed by atoms with Gasteiger partial charge in [0.1, 0.15) is 0 Å². The van der Waals surface area contributed by atoms with Crippen molar-refractivity contribution in [1.82, 2.24) is 0 Å². The predicted molar refractivity (Wildman–Crippen MR) is 132 cm³/mol. The van der Waals surface area contributed by atoms with Crippen LogP contribution in [0.4, 0.5) is 0 Å². The highest BCUT2D eigenvalue weighted by Crippen LogP contribution is 2.08. The Bertz CT molecular complexity index is 359. The van der Waals surface area contributed by atoms with Crippen LogP contribution in [-0.4, -0.2) is 73.3 Å². The van der Waals surface area contributed by atoms with E-state index < -0.39 is 11.9 Å². The summed E-state index contributed by atoms with van der Waals surface area (Å²) < 4.78 is 2.56. The van der Waals surface area contributed by atoms with Gasteiger partial charge in [-0.3, -0.25) is 0 Å². The minimum Gasteiger partial charge on any atom is -0.550 e. The maximum absolute atomic E-state index is 10.0. The van der Waals surface area contributed by atoms with Crippen molar-refractivity contribution < 1.29 is 28.8 Å². The molecule has 0 aliphatic rings. The number of rotatable bonds is 17. The summed E-state index contributed by atoms with van der Waals surface area (Å²) in [5.74, 6) is -2.00. The van der Waals surface area contributed by atoms with Crippen LogP contribution in [0.25, 0.3) is 0 Å². The maximum Gasteiger partial charge on any atom is 0.0757 e. The van der Waals surface area contributed by atoms with E-state index in [1.54, 1.807) is 0 Å². The highest BCUT2D eigenvalue weighted by Gasteiger charge is 2.16. The summed E-state index contributed by atoms with van der Waals surface area (Å²) >= 11 is 0. The first-order valence-electron chi connectivity index (χ1n) is 13.2. The van der Waals surface area contributed by atoms with E-state index >= 15 is 0 Å². The molecule has 0 radical (unpaired) electrons. The van der Waals surface area contributed by atoms with E-state index in [1.807, 2.05) is 0 Å². The predicted octanol–water partition coefficient (Wildman–Crippen LogP) is 3.37. The molecule has 0 bridgehead atoms. The van der Waals surface area contributed by atoms with Crippen molar-refractivity contribution in [3.63, 3.8) is 0 Å². The Balaban J connectivity index is -0.000000411. The van der Waals surface area contributed by atoms with Gasteiger partial charge in [-0.1, -0.05) is 25.7 Å². The molecule has 0 aromatic rings. The zero-order chi connectivity index (χ0) is 25.5. The minimum atomic E-state index is -0.998. The highest BCUT2D eigenvalue weighted by molar-refractivity contribution is 5.64. The SMILES string of the molecule is CC[N+](CC)(CC)CC.CC[N+](CC)(CC)CC.O=C([O-])CCCCCCCCC(=O)[O-]. The maximum atomic E-state index is 10.0. The fourth-order valence-electron chi connectivity index (χ4n) is 3.93. The largest absolute Gasteiger partial charge is 0.550 e. The second-order valence-corrected chi connectivity index (χ2v) is 8.58. The molecule has 0 aliphatic heterocycles. The monoisotopic (exact) mass is 460 g/mol. The summed E-state index contributed by atoms with van der Waals surface area (Å²) in [5.41, 5.74) is 0. The van der Waals surface area contributed by atoms with Crippen LogP contribution in [0.2, 0.25) is 0 Å². The first-order chi connectivity index (χ1) is 15.1. The Morgan fingerprint density at radius 3 is 0.750 bits per heavy atom. The number of hydrogen-bond acceptors (Lipinski definition) is 4. The number of carbonyl (C=O) groups excluding carboxylic acids is 2. The summed E-state index contributed by atoms with van der Waals surface area (Å²) in [7, 11) is 0. The number of carbonyl (C=O) groups is 2. The highest BCUT2D eigenvalue weighted by atomic mass is 16.4. The molecule has 0 spiro atoms. The van der Waals surface area contributed by atoms with E-state index in [-0.39, 0.29) is 12.8 Å². The number of unbranched alkanes of at least 4 members (excludes halogenated alkanes) is 5. The molecule has 6 nitrogen and oxygen atoms in total. The van der Waals surface area contributed by atoms with Crippen LogP contribution in [0.1, 0.15) is 107 Å². The molecule has 0 aromatic heterocycles. The number of carboxylic acids is 2. The second kappa shape index (κ2) is 23.0. The van der Waals surface area contributed by atoms with Crippen LogP contribution in [0, 0.1) is 0 Å². The molecule has 32 heavy (non-hydrogen) atoms. The van der Waals surface area contributed by atoms with Crippen molar-refractivity contribution >= 4 is 11.9 Å². The molecule has 194 valence electrons. The van der Waals surface area contributed by atoms with Gasteiger partial charge in [-0.25, -0.2) is 0 Å². The second-order valence-electron chi connectivity index (χ2n) is 8.58. The Hall–Kier alpha value is -1.14. The average Bonchev–Trinajstić information content (AvgIpc) is 2.80. The number of nitrogens with zero attached hydrogens (tertiary/aromatic N) is 2. The van der Waals surface area contributed by atoms with Crippen LogP contribution in [0.3, 0.4) is 0 Å². The molecule has 0 saturated heterocycles. The first kappa shape index (κ1) is 35.4. The van der Waals surface area contributed by atoms with Gasteiger partial charge in [0.15, 0.2) is 0 Å². The molecule has 6 heteroatoms. The van der Waals surface area contributed by atoms with E-state index in [0.29, 0.717) is 12.8 Å². The Labute approximate surface area is 200 Å². The topological polar surface area (TPSA) is 80.3 Å². The Kier molecular flexibility index (Phi) is 25.5. The summed E-state index contributed by atoms with van der Waals surface area (Å²) in [6.07, 6.45) is 5.23. The molecular weight excluding hydrogens is 404 g/mol. The quantitative estimate of drug-likeness (QED) is 0.246. The van der Waals surface area contributed by atoms with Crippen LogP contribution >= 0.6 is 0 Å². The van der Waals surface area contributed by atoms with Gasteiger partial charge in [-0.05, 0) is 81.1 Å². The summed E-state index contributed by atoms with van der Waals surface area (Å²) in [5, 5.41) is 20.1. The lowest BCUT2D eigenvalue weighted by Gasteiger charge is -2.34. The van der Waals surface area contributed by atoms with Crippen molar-refractivity contribution in [3.05, 3.63) is 0 Å². The van der Waals surface area contributed by atoms with Gasteiger partial charge in [-0.2, -0.15) is 0 Å². The van der Waals surface area contributed by atoms with Crippen molar-refractivity contribution in [3.8, 4) is 0 Å². The molecule has 0 heterocycles. The smallest absolute Gasteiger partial charge is 0.0757 e. The van der Waals surface area contributed by atoms with Gasteiger partial charge >= 0.3 is 0 Å². The lowest BCUT2D eigenvalue weighted by molar-refractivity contribution is -0.921. The van der Waals surface area contributed by atoms with Crippen molar-refractivity contribution in [1.29, 1.82) is 0 Å². The van der Waals surface area contributed by atoms with E-state index in [0.717, 1.165) is 25.7 Å². The Morgan fingerprint density at radius 2 is 0.625 bits per heavy atom. The zero-order valence-corrected chi connectivity index (χ0v) is 22.8. The van der Waals surface area contributed by atoms with Gasteiger partial charge in [-0.15, -0.1) is 0 Å². The molecule has 0 unspecified atom stereocenters. The third-order valence-corrected chi connectivity index (χ3v) is 7.38. The number of hydrogen-bond donors (Lipinski definition) is 0.